The number of amides is 1. The van der Waals surface area contributed by atoms with Gasteiger partial charge < -0.3 is 15.2 Å². The molecule has 0 fully saturated rings. The van der Waals surface area contributed by atoms with Crippen molar-refractivity contribution < 1.29 is 32.6 Å². The van der Waals surface area contributed by atoms with Crippen molar-refractivity contribution in [1.82, 2.24) is 9.88 Å². The van der Waals surface area contributed by atoms with Crippen LogP contribution >= 0.6 is 0 Å². The lowest BCUT2D eigenvalue weighted by molar-refractivity contribution is -0.137. The molecule has 6 nitrogen and oxygen atoms in total. The van der Waals surface area contributed by atoms with E-state index >= 15 is 0 Å². The average Bonchev–Trinajstić information content (AvgIpc) is 3.24. The summed E-state index contributed by atoms with van der Waals surface area (Å²) in [4.78, 5) is 24.1. The Morgan fingerprint density at radius 3 is 2.38 bits per heavy atom. The molecule has 1 unspecified atom stereocenters. The van der Waals surface area contributed by atoms with Gasteiger partial charge in [-0.2, -0.15) is 13.2 Å². The summed E-state index contributed by atoms with van der Waals surface area (Å²) >= 11 is 0. The van der Waals surface area contributed by atoms with Crippen LogP contribution < -0.4 is 10.1 Å². The summed E-state index contributed by atoms with van der Waals surface area (Å²) < 4.78 is 46.2. The fourth-order valence-electron chi connectivity index (χ4n) is 3.53. The third-order valence-electron chi connectivity index (χ3n) is 5.28. The Kier molecular flexibility index (Phi) is 6.02. The lowest BCUT2D eigenvalue weighted by atomic mass is 10.1. The van der Waals surface area contributed by atoms with E-state index in [9.17, 15) is 22.8 Å². The van der Waals surface area contributed by atoms with Crippen LogP contribution in [-0.4, -0.2) is 21.7 Å². The summed E-state index contributed by atoms with van der Waals surface area (Å²) in [5.41, 5.74) is 0.393. The number of fused-ring (bicyclic) bond motifs is 1. The van der Waals surface area contributed by atoms with Crippen molar-refractivity contribution in [2.75, 3.05) is 0 Å². The molecule has 0 bridgehead atoms. The fraction of sp³-hybridized carbons (Fsp3) is 0.120. The van der Waals surface area contributed by atoms with Gasteiger partial charge in [0.2, 0.25) is 0 Å². The van der Waals surface area contributed by atoms with Gasteiger partial charge in [0.15, 0.2) is 5.75 Å². The minimum atomic E-state index is -4.51. The van der Waals surface area contributed by atoms with Gasteiger partial charge in [0.25, 0.3) is 0 Å². The van der Waals surface area contributed by atoms with Crippen LogP contribution in [-0.2, 0) is 6.18 Å². The van der Waals surface area contributed by atoms with E-state index in [0.717, 1.165) is 12.1 Å². The lowest BCUT2D eigenvalue weighted by Crippen LogP contribution is -2.30. The summed E-state index contributed by atoms with van der Waals surface area (Å²) in [6, 6.07) is 16.4. The van der Waals surface area contributed by atoms with Crippen LogP contribution in [0.5, 0.6) is 11.5 Å². The number of hydrogen-bond acceptors (Lipinski definition) is 3. The van der Waals surface area contributed by atoms with Gasteiger partial charge in [-0.15, -0.1) is 0 Å². The molecule has 1 atom stereocenters. The molecule has 4 rings (SSSR count). The highest BCUT2D eigenvalue weighted by Gasteiger charge is 2.30. The van der Waals surface area contributed by atoms with Crippen LogP contribution in [0.15, 0.2) is 79.0 Å². The number of aromatic carboxylic acids is 1. The van der Waals surface area contributed by atoms with E-state index in [0.29, 0.717) is 16.5 Å². The molecule has 0 aliphatic carbocycles. The van der Waals surface area contributed by atoms with Crippen LogP contribution in [0.4, 0.5) is 18.0 Å². The highest BCUT2D eigenvalue weighted by molar-refractivity contribution is 5.95. The number of aromatic nitrogens is 1. The van der Waals surface area contributed by atoms with E-state index in [4.69, 9.17) is 9.84 Å². The van der Waals surface area contributed by atoms with E-state index in [-0.39, 0.29) is 17.1 Å². The molecule has 3 aromatic carbocycles. The minimum Gasteiger partial charge on any atom is -0.478 e. The number of halogens is 3. The molecular formula is C25H19F3N2O4. The Bertz CT molecular complexity index is 1360. The normalized spacial score (nSPS) is 12.4. The Balaban J connectivity index is 1.60. The van der Waals surface area contributed by atoms with Crippen molar-refractivity contribution in [2.45, 2.75) is 19.1 Å². The zero-order chi connectivity index (χ0) is 24.5. The van der Waals surface area contributed by atoms with E-state index in [1.54, 1.807) is 49.5 Å². The van der Waals surface area contributed by atoms with E-state index in [1.807, 2.05) is 0 Å². The maximum Gasteiger partial charge on any atom is 0.416 e. The molecule has 9 heteroatoms. The Hall–Kier alpha value is -4.27. The number of nitrogens with one attached hydrogen (secondary N) is 1. The number of carboxylic acid groups (broad SMARTS) is 1. The monoisotopic (exact) mass is 468 g/mol. The molecule has 1 heterocycles. The summed E-state index contributed by atoms with van der Waals surface area (Å²) in [5.74, 6) is -0.840. The first-order chi connectivity index (χ1) is 16.1. The topological polar surface area (TPSA) is 80.6 Å². The first-order valence-electron chi connectivity index (χ1n) is 10.2. The number of carbonyl (C=O) groups excluding carboxylic acids is 1. The molecule has 34 heavy (non-hydrogen) atoms. The van der Waals surface area contributed by atoms with Crippen molar-refractivity contribution in [3.8, 4) is 11.5 Å². The molecule has 1 aromatic heterocycles. The van der Waals surface area contributed by atoms with Crippen molar-refractivity contribution >= 4 is 22.9 Å². The molecule has 1 amide bonds. The predicted molar refractivity (Wildman–Crippen MR) is 119 cm³/mol. The minimum absolute atomic E-state index is 0.0117. The second kappa shape index (κ2) is 8.93. The van der Waals surface area contributed by atoms with Crippen LogP contribution in [0.2, 0.25) is 0 Å². The quantitative estimate of drug-likeness (QED) is 0.352. The van der Waals surface area contributed by atoms with Crippen LogP contribution in [0.25, 0.3) is 10.9 Å². The van der Waals surface area contributed by atoms with Gasteiger partial charge in [-0.25, -0.2) is 9.59 Å². The molecule has 4 aromatic rings. The third-order valence-corrected chi connectivity index (χ3v) is 5.28. The highest BCUT2D eigenvalue weighted by atomic mass is 19.4. The smallest absolute Gasteiger partial charge is 0.416 e. The number of para-hydroxylation sites is 1. The van der Waals surface area contributed by atoms with Crippen LogP contribution in [0.3, 0.4) is 0 Å². The molecule has 0 saturated carbocycles. The highest BCUT2D eigenvalue weighted by Crippen LogP contribution is 2.35. The summed E-state index contributed by atoms with van der Waals surface area (Å²) in [7, 11) is 0. The SMILES string of the molecule is CC(NC(=O)n1ccc2cccc(Oc3cccc(C(F)(F)F)c3)c21)c1ccc(C(=O)O)cc1. The predicted octanol–water partition coefficient (Wildman–Crippen LogP) is 6.47. The van der Waals surface area contributed by atoms with Gasteiger partial charge in [0.1, 0.15) is 5.75 Å². The number of hydrogen-bond donors (Lipinski definition) is 2. The second-order valence-electron chi connectivity index (χ2n) is 7.61. The van der Waals surface area contributed by atoms with E-state index in [2.05, 4.69) is 5.32 Å². The lowest BCUT2D eigenvalue weighted by Gasteiger charge is -2.16. The fourth-order valence-corrected chi connectivity index (χ4v) is 3.53. The molecule has 0 aliphatic rings. The number of rotatable bonds is 5. The van der Waals surface area contributed by atoms with Crippen LogP contribution in [0.1, 0.15) is 34.5 Å². The van der Waals surface area contributed by atoms with Gasteiger partial charge in [-0.3, -0.25) is 4.57 Å². The van der Waals surface area contributed by atoms with E-state index < -0.39 is 29.8 Å². The maximum absolute atomic E-state index is 13.1. The van der Waals surface area contributed by atoms with Gasteiger partial charge in [-0.05, 0) is 55.0 Å². The standard InChI is InChI=1S/C25H19F3N2O4/c1-15(16-8-10-18(11-9-16)23(31)32)29-24(33)30-13-12-17-4-2-7-21(22(17)30)34-20-6-3-5-19(14-20)25(26,27)28/h2-15H,1H3,(H,29,33)(H,31,32). The van der Waals surface area contributed by atoms with Gasteiger partial charge in [0, 0.05) is 11.6 Å². The average molecular weight is 468 g/mol. The molecule has 0 spiro atoms. The molecule has 174 valence electrons. The summed E-state index contributed by atoms with van der Waals surface area (Å²) in [5, 5.41) is 12.5. The summed E-state index contributed by atoms with van der Waals surface area (Å²) in [6.45, 7) is 1.75. The van der Waals surface area contributed by atoms with E-state index in [1.165, 1.54) is 28.8 Å². The Morgan fingerprint density at radius 1 is 1.00 bits per heavy atom. The zero-order valence-corrected chi connectivity index (χ0v) is 17.8. The Morgan fingerprint density at radius 2 is 1.71 bits per heavy atom. The van der Waals surface area contributed by atoms with Crippen molar-refractivity contribution in [1.29, 1.82) is 0 Å². The first kappa shape index (κ1) is 22.9. The molecular weight excluding hydrogens is 449 g/mol. The third kappa shape index (κ3) is 4.73. The second-order valence-corrected chi connectivity index (χ2v) is 7.61. The van der Waals surface area contributed by atoms with Crippen LogP contribution in [0, 0.1) is 0 Å². The first-order valence-corrected chi connectivity index (χ1v) is 10.2. The summed E-state index contributed by atoms with van der Waals surface area (Å²) in [6.07, 6.45) is -2.97. The number of benzene rings is 3. The number of alkyl halides is 3. The van der Waals surface area contributed by atoms with Crippen molar-refractivity contribution in [3.63, 3.8) is 0 Å². The zero-order valence-electron chi connectivity index (χ0n) is 17.8. The number of ether oxygens (including phenoxy) is 1. The van der Waals surface area contributed by atoms with Crippen molar-refractivity contribution in [3.05, 3.63) is 95.7 Å². The maximum atomic E-state index is 13.1. The van der Waals surface area contributed by atoms with Gasteiger partial charge >= 0.3 is 18.2 Å². The number of nitrogens with zero attached hydrogens (tertiary/aromatic N) is 1. The molecule has 0 radical (unpaired) electrons. The van der Waals surface area contributed by atoms with Gasteiger partial charge in [-0.1, -0.05) is 30.3 Å². The number of carboxylic acids is 1. The molecule has 0 aliphatic heterocycles. The van der Waals surface area contributed by atoms with Crippen molar-refractivity contribution in [2.24, 2.45) is 0 Å². The molecule has 2 N–H and O–H groups in total. The Labute approximate surface area is 192 Å². The van der Waals surface area contributed by atoms with Gasteiger partial charge in [0.05, 0.1) is 22.7 Å². The molecule has 0 saturated heterocycles. The largest absolute Gasteiger partial charge is 0.478 e. The number of carbonyl (C=O) groups is 2.